The highest BCUT2D eigenvalue weighted by Crippen LogP contribution is 2.33. The van der Waals surface area contributed by atoms with E-state index in [1.165, 1.54) is 19.3 Å². The Hall–Kier alpha value is -2.45. The maximum Gasteiger partial charge on any atom is 0.255 e. The molecule has 2 saturated heterocycles. The number of rotatable bonds is 6. The van der Waals surface area contributed by atoms with Gasteiger partial charge in [0, 0.05) is 50.7 Å². The molecule has 1 aliphatic carbocycles. The fourth-order valence-electron chi connectivity index (χ4n) is 5.35. The number of hydrogen-bond acceptors (Lipinski definition) is 6. The monoisotopic (exact) mass is 441 g/mol. The van der Waals surface area contributed by atoms with E-state index < -0.39 is 6.04 Å². The Morgan fingerprint density at radius 1 is 1.09 bits per heavy atom. The molecule has 1 aromatic rings. The van der Waals surface area contributed by atoms with Crippen molar-refractivity contribution in [1.82, 2.24) is 15.1 Å². The predicted molar refractivity (Wildman–Crippen MR) is 116 cm³/mol. The Kier molecular flexibility index (Phi) is 5.90. The second-order valence-electron chi connectivity index (χ2n) is 9.31. The number of benzene rings is 1. The number of fused-ring (bicyclic) bond motifs is 1. The second kappa shape index (κ2) is 8.83. The molecule has 0 spiro atoms. The van der Waals surface area contributed by atoms with Crippen LogP contribution in [0.5, 0.6) is 5.75 Å². The van der Waals surface area contributed by atoms with Gasteiger partial charge in [0.05, 0.1) is 6.10 Å². The van der Waals surface area contributed by atoms with Crippen molar-refractivity contribution in [1.29, 1.82) is 0 Å². The molecule has 3 aliphatic heterocycles. The number of carbonyl (C=O) groups excluding carboxylic acids is 3. The van der Waals surface area contributed by atoms with Crippen molar-refractivity contribution in [2.75, 3.05) is 19.7 Å². The van der Waals surface area contributed by atoms with E-state index in [0.29, 0.717) is 31.2 Å². The molecule has 3 atom stereocenters. The summed E-state index contributed by atoms with van der Waals surface area (Å²) in [4.78, 5) is 40.7. The van der Waals surface area contributed by atoms with Crippen LogP contribution >= 0.6 is 0 Å². The minimum atomic E-state index is -0.599. The molecule has 3 heterocycles. The lowest BCUT2D eigenvalue weighted by molar-refractivity contribution is -0.136. The largest absolute Gasteiger partial charge is 0.489 e. The Morgan fingerprint density at radius 3 is 2.62 bits per heavy atom. The number of ether oxygens (including phenoxy) is 2. The third-order valence-electron chi connectivity index (χ3n) is 7.19. The number of nitrogens with one attached hydrogen (secondary N) is 1. The topological polar surface area (TPSA) is 88.2 Å². The molecule has 0 bridgehead atoms. The minimum Gasteiger partial charge on any atom is -0.489 e. The maximum atomic E-state index is 12.9. The van der Waals surface area contributed by atoms with Crippen molar-refractivity contribution in [2.24, 2.45) is 0 Å². The van der Waals surface area contributed by atoms with E-state index in [1.54, 1.807) is 11.0 Å². The van der Waals surface area contributed by atoms with Gasteiger partial charge in [0.15, 0.2) is 0 Å². The van der Waals surface area contributed by atoms with Crippen molar-refractivity contribution in [3.63, 3.8) is 0 Å². The number of carbonyl (C=O) groups is 3. The number of nitrogens with zero attached hydrogens (tertiary/aromatic N) is 2. The highest BCUT2D eigenvalue weighted by Gasteiger charge is 2.39. The van der Waals surface area contributed by atoms with Gasteiger partial charge in [-0.1, -0.05) is 6.42 Å². The molecule has 1 aromatic carbocycles. The van der Waals surface area contributed by atoms with Crippen LogP contribution in [0.1, 0.15) is 61.4 Å². The lowest BCUT2D eigenvalue weighted by Crippen LogP contribution is -2.54. The van der Waals surface area contributed by atoms with Crippen LogP contribution < -0.4 is 10.1 Å². The van der Waals surface area contributed by atoms with Gasteiger partial charge in [-0.3, -0.25) is 24.6 Å². The molecule has 0 radical (unpaired) electrons. The first-order valence-electron chi connectivity index (χ1n) is 11.8. The summed E-state index contributed by atoms with van der Waals surface area (Å²) < 4.78 is 12.3. The van der Waals surface area contributed by atoms with E-state index >= 15 is 0 Å². The van der Waals surface area contributed by atoms with E-state index in [1.807, 2.05) is 19.1 Å². The zero-order chi connectivity index (χ0) is 22.2. The Morgan fingerprint density at radius 2 is 1.91 bits per heavy atom. The van der Waals surface area contributed by atoms with Crippen LogP contribution in [-0.4, -0.2) is 71.5 Å². The quantitative estimate of drug-likeness (QED) is 0.678. The first kappa shape index (κ1) is 21.4. The van der Waals surface area contributed by atoms with E-state index in [0.717, 1.165) is 30.8 Å². The van der Waals surface area contributed by atoms with Crippen LogP contribution in [0.3, 0.4) is 0 Å². The number of amides is 3. The summed E-state index contributed by atoms with van der Waals surface area (Å²) in [5.74, 6) is -0.0809. The standard InChI is InChI=1S/C24H31N3O5/c1-2-31-18-11-19(14-26(13-18)16-4-3-5-16)32-17-6-7-20-15(10-17)12-27(24(20)30)21-8-9-22(28)25-23(21)29/h6-7,10,16,18-19,21H,2-5,8-9,11-14H2,1H3,(H,25,28,29)/t18-,19-,21?/m1/s1. The number of piperidine rings is 2. The first-order valence-corrected chi connectivity index (χ1v) is 11.8. The molecule has 1 N–H and O–H groups in total. The first-order chi connectivity index (χ1) is 15.5. The fourth-order valence-corrected chi connectivity index (χ4v) is 5.35. The molecule has 1 saturated carbocycles. The number of likely N-dealkylation sites (tertiary alicyclic amines) is 1. The van der Waals surface area contributed by atoms with Crippen LogP contribution in [0.15, 0.2) is 18.2 Å². The molecule has 5 rings (SSSR count). The zero-order valence-electron chi connectivity index (χ0n) is 18.5. The normalized spacial score (nSPS) is 29.0. The van der Waals surface area contributed by atoms with Gasteiger partial charge in [-0.2, -0.15) is 0 Å². The van der Waals surface area contributed by atoms with Crippen LogP contribution in [0.4, 0.5) is 0 Å². The third kappa shape index (κ3) is 4.13. The van der Waals surface area contributed by atoms with Gasteiger partial charge in [-0.05, 0) is 49.9 Å². The lowest BCUT2D eigenvalue weighted by atomic mass is 9.89. The summed E-state index contributed by atoms with van der Waals surface area (Å²) in [6.07, 6.45) is 5.51. The molecule has 8 nitrogen and oxygen atoms in total. The molecule has 172 valence electrons. The van der Waals surface area contributed by atoms with Crippen molar-refractivity contribution in [3.8, 4) is 5.75 Å². The Balaban J connectivity index is 1.27. The fraction of sp³-hybridized carbons (Fsp3) is 0.625. The lowest BCUT2D eigenvalue weighted by Gasteiger charge is -2.44. The van der Waals surface area contributed by atoms with Crippen molar-refractivity contribution >= 4 is 17.7 Å². The molecule has 3 fully saturated rings. The molecule has 4 aliphatic rings. The number of imide groups is 1. The van der Waals surface area contributed by atoms with E-state index in [2.05, 4.69) is 10.2 Å². The van der Waals surface area contributed by atoms with Gasteiger partial charge < -0.3 is 14.4 Å². The van der Waals surface area contributed by atoms with Gasteiger partial charge in [-0.25, -0.2) is 0 Å². The Bertz CT molecular complexity index is 915. The minimum absolute atomic E-state index is 0.0438. The smallest absolute Gasteiger partial charge is 0.255 e. The van der Waals surface area contributed by atoms with Gasteiger partial charge >= 0.3 is 0 Å². The van der Waals surface area contributed by atoms with Gasteiger partial charge in [0.2, 0.25) is 11.8 Å². The molecular formula is C24H31N3O5. The van der Waals surface area contributed by atoms with Crippen LogP contribution in [0, 0.1) is 0 Å². The van der Waals surface area contributed by atoms with Gasteiger partial charge in [0.25, 0.3) is 5.91 Å². The van der Waals surface area contributed by atoms with Crippen LogP contribution in [-0.2, 0) is 20.9 Å². The molecule has 8 heteroatoms. The van der Waals surface area contributed by atoms with Crippen molar-refractivity contribution in [3.05, 3.63) is 29.3 Å². The molecular weight excluding hydrogens is 410 g/mol. The van der Waals surface area contributed by atoms with E-state index in [-0.39, 0.29) is 36.4 Å². The molecule has 1 unspecified atom stereocenters. The highest BCUT2D eigenvalue weighted by molar-refractivity contribution is 6.05. The third-order valence-corrected chi connectivity index (χ3v) is 7.19. The average molecular weight is 442 g/mol. The van der Waals surface area contributed by atoms with Crippen LogP contribution in [0.2, 0.25) is 0 Å². The summed E-state index contributed by atoms with van der Waals surface area (Å²) in [6, 6.07) is 5.62. The summed E-state index contributed by atoms with van der Waals surface area (Å²) in [7, 11) is 0. The average Bonchev–Trinajstić information content (AvgIpc) is 3.02. The molecule has 0 aromatic heterocycles. The second-order valence-corrected chi connectivity index (χ2v) is 9.31. The van der Waals surface area contributed by atoms with Gasteiger partial charge in [-0.15, -0.1) is 0 Å². The van der Waals surface area contributed by atoms with E-state index in [4.69, 9.17) is 9.47 Å². The number of hydrogen-bond donors (Lipinski definition) is 1. The summed E-state index contributed by atoms with van der Waals surface area (Å²) in [5.41, 5.74) is 1.47. The van der Waals surface area contributed by atoms with E-state index in [9.17, 15) is 14.4 Å². The Labute approximate surface area is 188 Å². The SMILES string of the molecule is CCO[C@@H]1C[C@@H](Oc2ccc3c(c2)CN(C2CCC(=O)NC2=O)C3=O)CN(C2CCC2)C1. The van der Waals surface area contributed by atoms with Crippen molar-refractivity contribution < 1.29 is 23.9 Å². The summed E-state index contributed by atoms with van der Waals surface area (Å²) in [5, 5.41) is 2.34. The predicted octanol–water partition coefficient (Wildman–Crippen LogP) is 1.86. The maximum absolute atomic E-state index is 12.9. The summed E-state index contributed by atoms with van der Waals surface area (Å²) in [6.45, 7) is 4.96. The van der Waals surface area contributed by atoms with Gasteiger partial charge in [0.1, 0.15) is 17.9 Å². The summed E-state index contributed by atoms with van der Waals surface area (Å²) >= 11 is 0. The van der Waals surface area contributed by atoms with Crippen molar-refractivity contribution in [2.45, 2.75) is 76.3 Å². The highest BCUT2D eigenvalue weighted by atomic mass is 16.5. The molecule has 3 amide bonds. The van der Waals surface area contributed by atoms with Crippen LogP contribution in [0.25, 0.3) is 0 Å². The molecule has 32 heavy (non-hydrogen) atoms. The zero-order valence-corrected chi connectivity index (χ0v) is 18.5.